The fourth-order valence-corrected chi connectivity index (χ4v) is 3.80. The Hall–Kier alpha value is -3.05. The summed E-state index contributed by atoms with van der Waals surface area (Å²) in [5, 5.41) is 0.667. The average molecular weight is 422 g/mol. The molecule has 154 valence electrons. The van der Waals surface area contributed by atoms with Crippen LogP contribution < -0.4 is 10.3 Å². The fraction of sp³-hybridized carbons (Fsp3) is 0.250. The number of imidazole rings is 1. The Kier molecular flexibility index (Phi) is 5.91. The first-order chi connectivity index (χ1) is 14.6. The molecule has 0 aliphatic rings. The van der Waals surface area contributed by atoms with E-state index in [1.165, 1.54) is 0 Å². The third-order valence-corrected chi connectivity index (χ3v) is 5.48. The van der Waals surface area contributed by atoms with E-state index in [-0.39, 0.29) is 5.56 Å². The zero-order chi connectivity index (χ0) is 21.1. The van der Waals surface area contributed by atoms with Crippen LogP contribution in [-0.4, -0.2) is 21.1 Å². The van der Waals surface area contributed by atoms with Crippen molar-refractivity contribution in [3.05, 3.63) is 76.2 Å². The number of aryl methyl sites for hydroxylation is 1. The quantitative estimate of drug-likeness (QED) is 0.360. The van der Waals surface area contributed by atoms with E-state index in [2.05, 4.69) is 11.5 Å². The van der Waals surface area contributed by atoms with Gasteiger partial charge < -0.3 is 9.30 Å². The number of fused-ring (bicyclic) bond motifs is 1. The number of nitrogens with zero attached hydrogens (tertiary/aromatic N) is 3. The second-order valence-corrected chi connectivity index (χ2v) is 7.67. The molecule has 0 radical (unpaired) electrons. The molecular formula is C24H24ClN3O2. The molecule has 2 aromatic heterocycles. The first-order valence-corrected chi connectivity index (χ1v) is 10.5. The number of unbranched alkanes of at least 4 members (excludes halogenated alkanes) is 2. The van der Waals surface area contributed by atoms with Crippen molar-refractivity contribution in [2.75, 3.05) is 7.11 Å². The Morgan fingerprint density at radius 2 is 1.83 bits per heavy atom. The lowest BCUT2D eigenvalue weighted by Gasteiger charge is -2.16. The first kappa shape index (κ1) is 20.2. The van der Waals surface area contributed by atoms with Gasteiger partial charge >= 0.3 is 0 Å². The molecule has 0 amide bonds. The molecule has 0 N–H and O–H groups in total. The summed E-state index contributed by atoms with van der Waals surface area (Å²) >= 11 is 6.02. The Labute approximate surface area is 180 Å². The summed E-state index contributed by atoms with van der Waals surface area (Å²) in [6.45, 7) is 2.94. The predicted octanol–water partition coefficient (Wildman–Crippen LogP) is 5.68. The van der Waals surface area contributed by atoms with Gasteiger partial charge in [0.25, 0.3) is 5.56 Å². The smallest absolute Gasteiger partial charge is 0.259 e. The van der Waals surface area contributed by atoms with Crippen LogP contribution in [0.25, 0.3) is 28.3 Å². The number of rotatable bonds is 7. The van der Waals surface area contributed by atoms with Gasteiger partial charge in [-0.25, -0.2) is 4.98 Å². The van der Waals surface area contributed by atoms with Gasteiger partial charge in [-0.2, -0.15) is 0 Å². The van der Waals surface area contributed by atoms with Crippen LogP contribution in [0.1, 0.15) is 26.2 Å². The van der Waals surface area contributed by atoms with Crippen LogP contribution in [0.15, 0.2) is 65.6 Å². The third-order valence-electron chi connectivity index (χ3n) is 5.23. The van der Waals surface area contributed by atoms with Crippen molar-refractivity contribution < 1.29 is 4.74 Å². The molecule has 0 fully saturated rings. The van der Waals surface area contributed by atoms with Crippen molar-refractivity contribution in [1.82, 2.24) is 14.0 Å². The molecule has 2 aromatic carbocycles. The highest BCUT2D eigenvalue weighted by Gasteiger charge is 2.17. The van der Waals surface area contributed by atoms with Crippen LogP contribution in [0.4, 0.5) is 0 Å². The van der Waals surface area contributed by atoms with Crippen molar-refractivity contribution in [2.45, 2.75) is 32.7 Å². The van der Waals surface area contributed by atoms with Gasteiger partial charge in [-0.1, -0.05) is 55.6 Å². The summed E-state index contributed by atoms with van der Waals surface area (Å²) in [5.41, 5.74) is 3.23. The molecule has 0 aliphatic carbocycles. The lowest BCUT2D eigenvalue weighted by atomic mass is 10.1. The highest BCUT2D eigenvalue weighted by Crippen LogP contribution is 2.30. The highest BCUT2D eigenvalue weighted by molar-refractivity contribution is 6.30. The van der Waals surface area contributed by atoms with Crippen molar-refractivity contribution in [2.24, 2.45) is 0 Å². The molecule has 0 aliphatic heterocycles. The normalized spacial score (nSPS) is 11.2. The summed E-state index contributed by atoms with van der Waals surface area (Å²) < 4.78 is 9.30. The largest absolute Gasteiger partial charge is 0.496 e. The van der Waals surface area contributed by atoms with Gasteiger partial charge in [0.05, 0.1) is 18.5 Å². The number of methoxy groups -OCH3 is 1. The van der Waals surface area contributed by atoms with Gasteiger partial charge in [0.1, 0.15) is 5.75 Å². The summed E-state index contributed by atoms with van der Waals surface area (Å²) in [4.78, 5) is 17.8. The zero-order valence-electron chi connectivity index (χ0n) is 17.1. The molecule has 4 aromatic rings. The van der Waals surface area contributed by atoms with Crippen LogP contribution in [0.2, 0.25) is 5.02 Å². The average Bonchev–Trinajstić information content (AvgIpc) is 3.22. The van der Waals surface area contributed by atoms with Gasteiger partial charge in [-0.3, -0.25) is 9.20 Å². The fourth-order valence-electron chi connectivity index (χ4n) is 3.67. The molecule has 0 saturated heterocycles. The molecule has 6 heteroatoms. The van der Waals surface area contributed by atoms with Gasteiger partial charge in [-0.05, 0) is 30.7 Å². The minimum atomic E-state index is -0.120. The van der Waals surface area contributed by atoms with E-state index in [9.17, 15) is 4.79 Å². The lowest BCUT2D eigenvalue weighted by molar-refractivity contribution is 0.416. The Morgan fingerprint density at radius 1 is 1.07 bits per heavy atom. The summed E-state index contributed by atoms with van der Waals surface area (Å²) in [5.74, 6) is 1.36. The second-order valence-electron chi connectivity index (χ2n) is 7.23. The van der Waals surface area contributed by atoms with Gasteiger partial charge in [0, 0.05) is 35.0 Å². The number of hydrogen-bond donors (Lipinski definition) is 0. The van der Waals surface area contributed by atoms with Crippen molar-refractivity contribution in [3.63, 3.8) is 0 Å². The van der Waals surface area contributed by atoms with E-state index in [1.54, 1.807) is 23.8 Å². The van der Waals surface area contributed by atoms with Crippen LogP contribution in [0, 0.1) is 0 Å². The summed E-state index contributed by atoms with van der Waals surface area (Å²) in [6, 6.07) is 16.9. The van der Waals surface area contributed by atoms with Crippen molar-refractivity contribution >= 4 is 17.4 Å². The van der Waals surface area contributed by atoms with Gasteiger partial charge in [-0.15, -0.1) is 0 Å². The Morgan fingerprint density at radius 3 is 2.57 bits per heavy atom. The molecule has 0 saturated carbocycles. The molecule has 30 heavy (non-hydrogen) atoms. The SMILES string of the molecule is CCCCCn1c(-c2ccccc2OC)cc(=O)n2cc(-c3ccc(Cl)cc3)nc12. The van der Waals surface area contributed by atoms with E-state index >= 15 is 0 Å². The standard InChI is InChI=1S/C24H24ClN3O2/c1-3-4-7-14-27-21(19-8-5-6-9-22(19)30-2)15-23(29)28-16-20(26-24(27)28)17-10-12-18(25)13-11-17/h5-6,8-13,15-16H,3-4,7,14H2,1-2H3. The first-order valence-electron chi connectivity index (χ1n) is 10.1. The van der Waals surface area contributed by atoms with Gasteiger partial charge in [0.15, 0.2) is 0 Å². The summed E-state index contributed by atoms with van der Waals surface area (Å²) in [7, 11) is 1.64. The predicted molar refractivity (Wildman–Crippen MR) is 121 cm³/mol. The summed E-state index contributed by atoms with van der Waals surface area (Å²) in [6.07, 6.45) is 5.02. The number of benzene rings is 2. The van der Waals surface area contributed by atoms with Crippen LogP contribution >= 0.6 is 11.6 Å². The maximum Gasteiger partial charge on any atom is 0.259 e. The third kappa shape index (κ3) is 3.85. The second kappa shape index (κ2) is 8.76. The maximum atomic E-state index is 13.0. The van der Waals surface area contributed by atoms with E-state index < -0.39 is 0 Å². The highest BCUT2D eigenvalue weighted by atomic mass is 35.5. The molecule has 0 unspecified atom stereocenters. The van der Waals surface area contributed by atoms with E-state index in [0.717, 1.165) is 54.1 Å². The molecule has 4 rings (SSSR count). The number of para-hydroxylation sites is 1. The van der Waals surface area contributed by atoms with Crippen LogP contribution in [-0.2, 0) is 6.54 Å². The number of ether oxygens (including phenoxy) is 1. The number of aromatic nitrogens is 3. The molecule has 0 atom stereocenters. The van der Waals surface area contributed by atoms with Crippen molar-refractivity contribution in [3.8, 4) is 28.3 Å². The topological polar surface area (TPSA) is 48.5 Å². The Balaban J connectivity index is 1.94. The minimum absolute atomic E-state index is 0.120. The molecule has 0 spiro atoms. The Bertz CT molecular complexity index is 1230. The van der Waals surface area contributed by atoms with E-state index in [0.29, 0.717) is 10.8 Å². The van der Waals surface area contributed by atoms with E-state index in [4.69, 9.17) is 21.3 Å². The maximum absolute atomic E-state index is 13.0. The monoisotopic (exact) mass is 421 g/mol. The molecule has 5 nitrogen and oxygen atoms in total. The molecule has 2 heterocycles. The molecule has 0 bridgehead atoms. The number of halogens is 1. The van der Waals surface area contributed by atoms with Gasteiger partial charge in [0.2, 0.25) is 5.78 Å². The minimum Gasteiger partial charge on any atom is -0.496 e. The van der Waals surface area contributed by atoms with E-state index in [1.807, 2.05) is 48.5 Å². The number of hydrogen-bond acceptors (Lipinski definition) is 3. The zero-order valence-corrected chi connectivity index (χ0v) is 17.9. The van der Waals surface area contributed by atoms with Crippen LogP contribution in [0.5, 0.6) is 5.75 Å². The van der Waals surface area contributed by atoms with Crippen molar-refractivity contribution in [1.29, 1.82) is 0 Å². The van der Waals surface area contributed by atoms with Crippen LogP contribution in [0.3, 0.4) is 0 Å². The lowest BCUT2D eigenvalue weighted by Crippen LogP contribution is -2.19. The molecular weight excluding hydrogens is 398 g/mol.